The summed E-state index contributed by atoms with van der Waals surface area (Å²) >= 11 is 0. The number of nitrogens with zero attached hydrogens (tertiary/aromatic N) is 4. The highest BCUT2D eigenvalue weighted by molar-refractivity contribution is 7.91. The molecule has 1 atom stereocenters. The molecule has 0 radical (unpaired) electrons. The summed E-state index contributed by atoms with van der Waals surface area (Å²) in [6, 6.07) is 8.14. The van der Waals surface area contributed by atoms with Crippen molar-refractivity contribution in [3.63, 3.8) is 0 Å². The third-order valence-electron chi connectivity index (χ3n) is 6.05. The van der Waals surface area contributed by atoms with E-state index in [4.69, 9.17) is 0 Å². The number of aryl methyl sites for hydroxylation is 1. The average Bonchev–Trinajstić information content (AvgIpc) is 3.19. The fourth-order valence-corrected chi connectivity index (χ4v) is 6.12. The van der Waals surface area contributed by atoms with E-state index in [1.165, 1.54) is 12.1 Å². The lowest BCUT2D eigenvalue weighted by Crippen LogP contribution is -2.36. The first-order valence-electron chi connectivity index (χ1n) is 11.0. The van der Waals surface area contributed by atoms with Gasteiger partial charge in [0, 0.05) is 25.7 Å². The monoisotopic (exact) mass is 463 g/mol. The van der Waals surface area contributed by atoms with E-state index in [9.17, 15) is 17.6 Å². The number of amides is 1. The molecule has 1 unspecified atom stereocenters. The van der Waals surface area contributed by atoms with Gasteiger partial charge in [0.2, 0.25) is 5.91 Å². The van der Waals surface area contributed by atoms with Crippen molar-refractivity contribution < 1.29 is 17.6 Å². The Morgan fingerprint density at radius 3 is 2.59 bits per heavy atom. The Labute approximate surface area is 188 Å². The number of hydrogen-bond acceptors (Lipinski definition) is 6. The first-order chi connectivity index (χ1) is 15.3. The number of hydrogen-bond donors (Lipinski definition) is 1. The van der Waals surface area contributed by atoms with Crippen LogP contribution in [0.15, 0.2) is 30.3 Å². The summed E-state index contributed by atoms with van der Waals surface area (Å²) in [7, 11) is -3.04. The molecule has 2 aliphatic rings. The smallest absolute Gasteiger partial charge is 0.239 e. The van der Waals surface area contributed by atoms with E-state index in [1.54, 1.807) is 10.7 Å². The van der Waals surface area contributed by atoms with Crippen molar-refractivity contribution in [2.24, 2.45) is 0 Å². The second-order valence-corrected chi connectivity index (χ2v) is 11.0. The van der Waals surface area contributed by atoms with Crippen LogP contribution in [0.2, 0.25) is 0 Å². The number of benzene rings is 1. The Kier molecular flexibility index (Phi) is 6.92. The van der Waals surface area contributed by atoms with Crippen LogP contribution < -0.4 is 5.32 Å². The standard InChI is InChI=1S/C22H30FN5O3S/c1-17-13-21(28(25-17)20-7-12-32(30,31)16-20)24-22(29)15-27-9-2-8-26(10-11-27)14-18-3-5-19(23)6-4-18/h3-6,13,20H,2,7-12,14-16H2,1H3,(H,24,29). The van der Waals surface area contributed by atoms with E-state index in [0.717, 1.165) is 50.4 Å². The van der Waals surface area contributed by atoms with E-state index in [-0.39, 0.29) is 35.8 Å². The molecule has 0 aliphatic carbocycles. The minimum atomic E-state index is -3.04. The van der Waals surface area contributed by atoms with Gasteiger partial charge in [0.15, 0.2) is 9.84 Å². The van der Waals surface area contributed by atoms with Crippen LogP contribution in [0.4, 0.5) is 10.2 Å². The maximum Gasteiger partial charge on any atom is 0.239 e. The van der Waals surface area contributed by atoms with Crippen LogP contribution in [0, 0.1) is 12.7 Å². The molecule has 2 saturated heterocycles. The zero-order valence-electron chi connectivity index (χ0n) is 18.3. The Balaban J connectivity index is 1.31. The SMILES string of the molecule is Cc1cc(NC(=O)CN2CCCN(Cc3ccc(F)cc3)CC2)n(C2CCS(=O)(=O)C2)n1. The molecule has 1 aromatic carbocycles. The van der Waals surface area contributed by atoms with Crippen molar-refractivity contribution >= 4 is 21.6 Å². The molecular formula is C22H30FN5O3S. The third-order valence-corrected chi connectivity index (χ3v) is 7.80. The van der Waals surface area contributed by atoms with Gasteiger partial charge in [-0.25, -0.2) is 17.5 Å². The topological polar surface area (TPSA) is 87.5 Å². The second kappa shape index (κ2) is 9.68. The number of nitrogens with one attached hydrogen (secondary N) is 1. The Morgan fingerprint density at radius 2 is 1.88 bits per heavy atom. The summed E-state index contributed by atoms with van der Waals surface area (Å²) in [5.41, 5.74) is 1.82. The molecule has 10 heteroatoms. The van der Waals surface area contributed by atoms with Crippen molar-refractivity contribution in [1.29, 1.82) is 0 Å². The molecule has 32 heavy (non-hydrogen) atoms. The van der Waals surface area contributed by atoms with Crippen molar-refractivity contribution in [3.8, 4) is 0 Å². The fourth-order valence-electron chi connectivity index (χ4n) is 4.43. The number of sulfone groups is 1. The normalized spacial score (nSPS) is 22.0. The van der Waals surface area contributed by atoms with Gasteiger partial charge in [-0.05, 0) is 50.6 Å². The number of carbonyl (C=O) groups excluding carboxylic acids is 1. The molecular weight excluding hydrogens is 433 g/mol. The maximum atomic E-state index is 13.1. The number of rotatable bonds is 6. The number of anilines is 1. The molecule has 2 aliphatic heterocycles. The Bertz CT molecular complexity index is 1050. The summed E-state index contributed by atoms with van der Waals surface area (Å²) < 4.78 is 38.5. The van der Waals surface area contributed by atoms with Gasteiger partial charge in [0.1, 0.15) is 11.6 Å². The Hall–Kier alpha value is -2.30. The molecule has 1 N–H and O–H groups in total. The fraction of sp³-hybridized carbons (Fsp3) is 0.545. The van der Waals surface area contributed by atoms with Crippen molar-refractivity contribution in [2.75, 3.05) is 49.5 Å². The van der Waals surface area contributed by atoms with E-state index in [0.29, 0.717) is 12.2 Å². The van der Waals surface area contributed by atoms with Crippen LogP contribution in [-0.2, 0) is 21.2 Å². The maximum absolute atomic E-state index is 13.1. The summed E-state index contributed by atoms with van der Waals surface area (Å²) in [5, 5.41) is 7.36. The first kappa shape index (κ1) is 22.9. The van der Waals surface area contributed by atoms with Gasteiger partial charge in [-0.15, -0.1) is 0 Å². The molecule has 3 heterocycles. The van der Waals surface area contributed by atoms with Crippen molar-refractivity contribution in [2.45, 2.75) is 32.4 Å². The third kappa shape index (κ3) is 5.93. The zero-order valence-corrected chi connectivity index (χ0v) is 19.2. The molecule has 1 amide bonds. The largest absolute Gasteiger partial charge is 0.310 e. The van der Waals surface area contributed by atoms with Gasteiger partial charge < -0.3 is 5.32 Å². The highest BCUT2D eigenvalue weighted by atomic mass is 32.2. The summed E-state index contributed by atoms with van der Waals surface area (Å²) in [6.07, 6.45) is 1.47. The predicted octanol–water partition coefficient (Wildman–Crippen LogP) is 1.84. The summed E-state index contributed by atoms with van der Waals surface area (Å²) in [5.74, 6) is 0.424. The number of halogens is 1. The van der Waals surface area contributed by atoms with Crippen LogP contribution in [-0.4, -0.2) is 78.1 Å². The highest BCUT2D eigenvalue weighted by Crippen LogP contribution is 2.27. The van der Waals surface area contributed by atoms with Gasteiger partial charge >= 0.3 is 0 Å². The molecule has 0 bridgehead atoms. The molecule has 174 valence electrons. The average molecular weight is 464 g/mol. The van der Waals surface area contributed by atoms with E-state index in [2.05, 4.69) is 20.2 Å². The number of aromatic nitrogens is 2. The lowest BCUT2D eigenvalue weighted by molar-refractivity contribution is -0.117. The molecule has 4 rings (SSSR count). The molecule has 8 nitrogen and oxygen atoms in total. The zero-order chi connectivity index (χ0) is 22.7. The van der Waals surface area contributed by atoms with Crippen LogP contribution in [0.5, 0.6) is 0 Å². The molecule has 2 fully saturated rings. The summed E-state index contributed by atoms with van der Waals surface area (Å²) in [4.78, 5) is 17.2. The van der Waals surface area contributed by atoms with Crippen LogP contribution in [0.1, 0.15) is 30.1 Å². The van der Waals surface area contributed by atoms with Gasteiger partial charge in [-0.1, -0.05) is 12.1 Å². The van der Waals surface area contributed by atoms with Crippen molar-refractivity contribution in [3.05, 3.63) is 47.4 Å². The van der Waals surface area contributed by atoms with Crippen LogP contribution in [0.3, 0.4) is 0 Å². The minimum Gasteiger partial charge on any atom is -0.310 e. The first-order valence-corrected chi connectivity index (χ1v) is 12.9. The number of carbonyl (C=O) groups is 1. The van der Waals surface area contributed by atoms with Crippen molar-refractivity contribution in [1.82, 2.24) is 19.6 Å². The highest BCUT2D eigenvalue weighted by Gasteiger charge is 2.31. The van der Waals surface area contributed by atoms with Gasteiger partial charge in [-0.3, -0.25) is 14.6 Å². The van der Waals surface area contributed by atoms with Gasteiger partial charge in [0.25, 0.3) is 0 Å². The lowest BCUT2D eigenvalue weighted by Gasteiger charge is -2.22. The summed E-state index contributed by atoms with van der Waals surface area (Å²) in [6.45, 7) is 6.24. The second-order valence-electron chi connectivity index (χ2n) is 8.75. The molecule has 0 spiro atoms. The lowest BCUT2D eigenvalue weighted by atomic mass is 10.2. The van der Waals surface area contributed by atoms with Crippen LogP contribution >= 0.6 is 0 Å². The van der Waals surface area contributed by atoms with Crippen LogP contribution in [0.25, 0.3) is 0 Å². The molecule has 2 aromatic rings. The molecule has 1 aromatic heterocycles. The Morgan fingerprint density at radius 1 is 1.16 bits per heavy atom. The predicted molar refractivity (Wildman–Crippen MR) is 121 cm³/mol. The van der Waals surface area contributed by atoms with E-state index in [1.807, 2.05) is 19.1 Å². The van der Waals surface area contributed by atoms with E-state index >= 15 is 0 Å². The quantitative estimate of drug-likeness (QED) is 0.704. The van der Waals surface area contributed by atoms with E-state index < -0.39 is 9.84 Å². The minimum absolute atomic E-state index is 0.0625. The van der Waals surface area contributed by atoms with Gasteiger partial charge in [0.05, 0.1) is 29.8 Å². The van der Waals surface area contributed by atoms with Gasteiger partial charge in [-0.2, -0.15) is 5.10 Å². The molecule has 0 saturated carbocycles.